The number of nitrogens with zero attached hydrogens (tertiary/aromatic N) is 3. The zero-order valence-electron chi connectivity index (χ0n) is 11.4. The smallest absolute Gasteiger partial charge is 0.437 e. The Bertz CT molecular complexity index is 635. The first-order valence-electron chi connectivity index (χ1n) is 6.04. The van der Waals surface area contributed by atoms with Crippen molar-refractivity contribution in [2.24, 2.45) is 21.6 Å². The van der Waals surface area contributed by atoms with Crippen molar-refractivity contribution in [2.75, 3.05) is 7.05 Å². The van der Waals surface area contributed by atoms with Crippen LogP contribution in [0.5, 0.6) is 5.75 Å². The van der Waals surface area contributed by atoms with Crippen LogP contribution in [0.3, 0.4) is 0 Å². The molecule has 0 amide bonds. The lowest BCUT2D eigenvalue weighted by molar-refractivity contribution is -0.0570. The quantitative estimate of drug-likeness (QED) is 0.727. The van der Waals surface area contributed by atoms with Gasteiger partial charge in [-0.25, -0.2) is 10.0 Å². The standard InChI is InChI=1S/C12H13F3N6O/c1-21-10(16)8(9(20-21)12(13,14)15)19-6-2-4-7(5-3-6)22-11(17)18/h2-5,11,16H,17-18H2,1H3. The molecule has 0 radical (unpaired) electrons. The predicted octanol–water partition coefficient (Wildman–Crippen LogP) is 1.18. The van der Waals surface area contributed by atoms with E-state index in [-0.39, 0.29) is 5.69 Å². The summed E-state index contributed by atoms with van der Waals surface area (Å²) in [7, 11) is 1.25. The minimum atomic E-state index is -4.69. The molecule has 1 heterocycles. The molecule has 1 aromatic rings. The van der Waals surface area contributed by atoms with Gasteiger partial charge in [-0.1, -0.05) is 0 Å². The summed E-state index contributed by atoms with van der Waals surface area (Å²) in [6.45, 7) is 0. The molecule has 2 rings (SSSR count). The Hall–Kier alpha value is -2.46. The van der Waals surface area contributed by atoms with Crippen LogP contribution in [0.2, 0.25) is 0 Å². The van der Waals surface area contributed by atoms with Crippen molar-refractivity contribution in [2.45, 2.75) is 12.5 Å². The van der Waals surface area contributed by atoms with E-state index in [0.717, 1.165) is 5.01 Å². The molecular formula is C12H13F3N6O. The van der Waals surface area contributed by atoms with E-state index in [2.05, 4.69) is 10.1 Å². The predicted molar refractivity (Wildman–Crippen MR) is 75.3 cm³/mol. The number of hydrazone groups is 1. The highest BCUT2D eigenvalue weighted by molar-refractivity contribution is 6.70. The van der Waals surface area contributed by atoms with Gasteiger partial charge in [0.2, 0.25) is 6.35 Å². The molecular weight excluding hydrogens is 301 g/mol. The highest BCUT2D eigenvalue weighted by Crippen LogP contribution is 2.26. The number of hydrogen-bond acceptors (Lipinski definition) is 6. The SMILES string of the molecule is CN1N=C(C(F)(F)F)C(=Nc2ccc(OC(N)N)cc2)C1=N. The third kappa shape index (κ3) is 3.40. The van der Waals surface area contributed by atoms with Gasteiger partial charge in [0.15, 0.2) is 11.5 Å². The molecule has 0 bridgehead atoms. The maximum Gasteiger partial charge on any atom is 0.437 e. The van der Waals surface area contributed by atoms with Crippen molar-refractivity contribution in [3.63, 3.8) is 0 Å². The van der Waals surface area contributed by atoms with Crippen LogP contribution >= 0.6 is 0 Å². The van der Waals surface area contributed by atoms with E-state index < -0.39 is 29.8 Å². The molecule has 0 aromatic heterocycles. The normalized spacial score (nSPS) is 17.4. The Labute approximate surface area is 123 Å². The maximum absolute atomic E-state index is 12.9. The van der Waals surface area contributed by atoms with E-state index in [1.54, 1.807) is 0 Å². The van der Waals surface area contributed by atoms with Crippen molar-refractivity contribution < 1.29 is 17.9 Å². The molecule has 1 aromatic carbocycles. The highest BCUT2D eigenvalue weighted by Gasteiger charge is 2.45. The largest absolute Gasteiger partial charge is 0.463 e. The van der Waals surface area contributed by atoms with Crippen LogP contribution in [0, 0.1) is 5.41 Å². The van der Waals surface area contributed by atoms with E-state index in [9.17, 15) is 13.2 Å². The minimum absolute atomic E-state index is 0.213. The van der Waals surface area contributed by atoms with E-state index in [4.69, 9.17) is 21.6 Å². The molecule has 5 N–H and O–H groups in total. The highest BCUT2D eigenvalue weighted by atomic mass is 19.4. The third-order valence-electron chi connectivity index (χ3n) is 2.64. The van der Waals surface area contributed by atoms with E-state index >= 15 is 0 Å². The lowest BCUT2D eigenvalue weighted by Crippen LogP contribution is -2.36. The molecule has 10 heteroatoms. The first kappa shape index (κ1) is 15.9. The van der Waals surface area contributed by atoms with Crippen molar-refractivity contribution in [1.29, 1.82) is 5.41 Å². The lowest BCUT2D eigenvalue weighted by Gasteiger charge is -2.09. The lowest BCUT2D eigenvalue weighted by atomic mass is 10.2. The van der Waals surface area contributed by atoms with Gasteiger partial charge in [-0.15, -0.1) is 0 Å². The number of ether oxygens (including phenoxy) is 1. The Balaban J connectivity index is 2.31. The molecule has 22 heavy (non-hydrogen) atoms. The number of amidine groups is 1. The number of benzene rings is 1. The number of nitrogens with one attached hydrogen (secondary N) is 1. The van der Waals surface area contributed by atoms with Gasteiger partial charge in [-0.2, -0.15) is 18.3 Å². The van der Waals surface area contributed by atoms with Crippen LogP contribution in [0.4, 0.5) is 18.9 Å². The van der Waals surface area contributed by atoms with Gasteiger partial charge in [-0.3, -0.25) is 16.9 Å². The third-order valence-corrected chi connectivity index (χ3v) is 2.64. The maximum atomic E-state index is 12.9. The van der Waals surface area contributed by atoms with Gasteiger partial charge in [-0.05, 0) is 24.3 Å². The fourth-order valence-corrected chi connectivity index (χ4v) is 1.70. The monoisotopic (exact) mass is 314 g/mol. The molecule has 0 spiro atoms. The summed E-state index contributed by atoms with van der Waals surface area (Å²) in [5, 5.41) is 11.7. The number of alkyl halides is 3. The van der Waals surface area contributed by atoms with Crippen LogP contribution in [0.15, 0.2) is 34.4 Å². The number of rotatable bonds is 3. The average Bonchev–Trinajstić information content (AvgIpc) is 2.68. The summed E-state index contributed by atoms with van der Waals surface area (Å²) in [6, 6.07) is 5.76. The van der Waals surface area contributed by atoms with E-state index in [1.807, 2.05) is 0 Å². The second-order valence-corrected chi connectivity index (χ2v) is 4.36. The van der Waals surface area contributed by atoms with Crippen molar-refractivity contribution in [3.05, 3.63) is 24.3 Å². The summed E-state index contributed by atoms with van der Waals surface area (Å²) in [6.07, 6.45) is -5.69. The summed E-state index contributed by atoms with van der Waals surface area (Å²) in [4.78, 5) is 3.84. The molecule has 0 saturated heterocycles. The summed E-state index contributed by atoms with van der Waals surface area (Å²) in [5.74, 6) is -0.0843. The molecule has 1 aliphatic rings. The van der Waals surface area contributed by atoms with Crippen LogP contribution in [-0.2, 0) is 0 Å². The number of aliphatic imine (C=N–C) groups is 1. The van der Waals surface area contributed by atoms with Gasteiger partial charge in [0.05, 0.1) is 5.69 Å². The molecule has 0 atom stereocenters. The van der Waals surface area contributed by atoms with Crippen LogP contribution < -0.4 is 16.2 Å². The summed E-state index contributed by atoms with van der Waals surface area (Å²) >= 11 is 0. The van der Waals surface area contributed by atoms with Gasteiger partial charge >= 0.3 is 6.18 Å². The topological polar surface area (TPSA) is 113 Å². The fraction of sp³-hybridized carbons (Fsp3) is 0.250. The Morgan fingerprint density at radius 3 is 2.36 bits per heavy atom. The molecule has 0 saturated carbocycles. The molecule has 0 unspecified atom stereocenters. The van der Waals surface area contributed by atoms with Crippen LogP contribution in [-0.4, -0.2) is 41.8 Å². The summed E-state index contributed by atoms with van der Waals surface area (Å²) < 4.78 is 43.7. The van der Waals surface area contributed by atoms with E-state index in [0.29, 0.717) is 5.75 Å². The molecule has 0 aliphatic carbocycles. The van der Waals surface area contributed by atoms with Gasteiger partial charge in [0, 0.05) is 7.05 Å². The minimum Gasteiger partial charge on any atom is -0.463 e. The first-order chi connectivity index (χ1) is 10.2. The fourth-order valence-electron chi connectivity index (χ4n) is 1.70. The number of nitrogens with two attached hydrogens (primary N) is 2. The van der Waals surface area contributed by atoms with Gasteiger partial charge in [0.1, 0.15) is 11.5 Å². The van der Waals surface area contributed by atoms with Crippen LogP contribution in [0.1, 0.15) is 0 Å². The van der Waals surface area contributed by atoms with Crippen LogP contribution in [0.25, 0.3) is 0 Å². The van der Waals surface area contributed by atoms with Crippen molar-refractivity contribution in [3.8, 4) is 5.75 Å². The molecule has 7 nitrogen and oxygen atoms in total. The molecule has 1 aliphatic heterocycles. The number of halogens is 3. The summed E-state index contributed by atoms with van der Waals surface area (Å²) in [5.41, 5.74) is 8.96. The molecule has 118 valence electrons. The molecule has 0 fully saturated rings. The Kier molecular flexibility index (Phi) is 4.15. The second-order valence-electron chi connectivity index (χ2n) is 4.36. The number of hydrogen-bond donors (Lipinski definition) is 3. The zero-order valence-corrected chi connectivity index (χ0v) is 11.4. The average molecular weight is 314 g/mol. The Morgan fingerprint density at radius 2 is 1.86 bits per heavy atom. The van der Waals surface area contributed by atoms with E-state index in [1.165, 1.54) is 31.3 Å². The van der Waals surface area contributed by atoms with Crippen molar-refractivity contribution in [1.82, 2.24) is 5.01 Å². The Morgan fingerprint density at radius 1 is 1.27 bits per heavy atom. The first-order valence-corrected chi connectivity index (χ1v) is 6.04. The zero-order chi connectivity index (χ0) is 16.5. The van der Waals surface area contributed by atoms with Gasteiger partial charge < -0.3 is 4.74 Å². The van der Waals surface area contributed by atoms with Gasteiger partial charge in [0.25, 0.3) is 0 Å². The second kappa shape index (κ2) is 5.73. The van der Waals surface area contributed by atoms with Crippen molar-refractivity contribution >= 4 is 22.9 Å².